The number of amides is 1. The molecule has 0 unspecified atom stereocenters. The Balaban J connectivity index is 1.50. The topological polar surface area (TPSA) is 46.9 Å². The molecule has 0 saturated carbocycles. The fourth-order valence-corrected chi connectivity index (χ4v) is 3.29. The van der Waals surface area contributed by atoms with Crippen LogP contribution in [0.2, 0.25) is 0 Å². The molecule has 0 aliphatic heterocycles. The molecule has 1 atom stereocenters. The molecule has 4 rings (SSSR count). The number of fused-ring (bicyclic) bond motifs is 1. The summed E-state index contributed by atoms with van der Waals surface area (Å²) in [5.41, 5.74) is 2.08. The van der Waals surface area contributed by atoms with Crippen molar-refractivity contribution < 1.29 is 4.79 Å². The summed E-state index contributed by atoms with van der Waals surface area (Å²) in [6.45, 7) is 0.598. The Morgan fingerprint density at radius 1 is 0.926 bits per heavy atom. The van der Waals surface area contributed by atoms with E-state index in [2.05, 4.69) is 34.7 Å². The van der Waals surface area contributed by atoms with E-state index in [9.17, 15) is 4.79 Å². The molecular formula is C23H21N3O. The lowest BCUT2D eigenvalue weighted by atomic mass is 10.0. The van der Waals surface area contributed by atoms with Gasteiger partial charge in [0.1, 0.15) is 0 Å². The molecule has 0 fully saturated rings. The predicted molar refractivity (Wildman–Crippen MR) is 107 cm³/mol. The van der Waals surface area contributed by atoms with Gasteiger partial charge >= 0.3 is 0 Å². The highest BCUT2D eigenvalue weighted by Crippen LogP contribution is 2.18. The quantitative estimate of drug-likeness (QED) is 0.565. The minimum atomic E-state index is -0.126. The Morgan fingerprint density at radius 2 is 1.70 bits per heavy atom. The van der Waals surface area contributed by atoms with E-state index in [1.54, 1.807) is 6.20 Å². The first-order valence-corrected chi connectivity index (χ1v) is 9.07. The van der Waals surface area contributed by atoms with Crippen LogP contribution in [0.15, 0.2) is 91.3 Å². The molecular weight excluding hydrogens is 334 g/mol. The van der Waals surface area contributed by atoms with Crippen LogP contribution in [-0.2, 0) is 17.8 Å². The van der Waals surface area contributed by atoms with Gasteiger partial charge in [-0.25, -0.2) is 0 Å². The maximum atomic E-state index is 12.7. The van der Waals surface area contributed by atoms with Crippen molar-refractivity contribution in [3.63, 3.8) is 0 Å². The molecule has 4 aromatic rings. The summed E-state index contributed by atoms with van der Waals surface area (Å²) in [6.07, 6.45) is 4.01. The zero-order chi connectivity index (χ0) is 18.5. The van der Waals surface area contributed by atoms with Gasteiger partial charge in [0.25, 0.3) is 0 Å². The highest BCUT2D eigenvalue weighted by Gasteiger charge is 2.16. The zero-order valence-corrected chi connectivity index (χ0v) is 15.0. The maximum Gasteiger partial charge on any atom is 0.224 e. The minimum absolute atomic E-state index is 0.00582. The van der Waals surface area contributed by atoms with Gasteiger partial charge in [0.2, 0.25) is 5.91 Å². The summed E-state index contributed by atoms with van der Waals surface area (Å²) in [4.78, 5) is 12.7. The first-order valence-electron chi connectivity index (χ1n) is 9.07. The monoisotopic (exact) mass is 355 g/mol. The third kappa shape index (κ3) is 4.23. The number of hydrogen-bond acceptors (Lipinski definition) is 2. The SMILES string of the molecule is O=C(Cc1ccc2ccccc2c1)N[C@@H](Cn1cccn1)c1ccccc1. The van der Waals surface area contributed by atoms with E-state index in [4.69, 9.17) is 0 Å². The van der Waals surface area contributed by atoms with Gasteiger partial charge in [0.15, 0.2) is 0 Å². The zero-order valence-electron chi connectivity index (χ0n) is 15.0. The van der Waals surface area contributed by atoms with Gasteiger partial charge in [0.05, 0.1) is 19.0 Å². The third-order valence-corrected chi connectivity index (χ3v) is 4.64. The van der Waals surface area contributed by atoms with Crippen LogP contribution in [-0.4, -0.2) is 15.7 Å². The number of carbonyl (C=O) groups excluding carboxylic acids is 1. The number of carbonyl (C=O) groups is 1. The van der Waals surface area contributed by atoms with Crippen LogP contribution in [0.4, 0.5) is 0 Å². The van der Waals surface area contributed by atoms with Gasteiger partial charge < -0.3 is 5.32 Å². The lowest BCUT2D eigenvalue weighted by Crippen LogP contribution is -2.32. The molecule has 4 heteroatoms. The Hall–Kier alpha value is -3.40. The summed E-state index contributed by atoms with van der Waals surface area (Å²) < 4.78 is 1.84. The maximum absolute atomic E-state index is 12.7. The number of benzene rings is 3. The first-order chi connectivity index (χ1) is 13.3. The lowest BCUT2D eigenvalue weighted by molar-refractivity contribution is -0.121. The summed E-state index contributed by atoms with van der Waals surface area (Å²) in [5.74, 6) is 0.00582. The summed E-state index contributed by atoms with van der Waals surface area (Å²) in [5, 5.41) is 9.78. The van der Waals surface area contributed by atoms with E-state index in [0.29, 0.717) is 13.0 Å². The first kappa shape index (κ1) is 17.0. The van der Waals surface area contributed by atoms with Crippen LogP contribution in [0.1, 0.15) is 17.2 Å². The fraction of sp³-hybridized carbons (Fsp3) is 0.130. The van der Waals surface area contributed by atoms with Crippen molar-refractivity contribution in [1.29, 1.82) is 0 Å². The van der Waals surface area contributed by atoms with E-state index in [1.807, 2.05) is 65.5 Å². The molecule has 1 heterocycles. The third-order valence-electron chi connectivity index (χ3n) is 4.64. The van der Waals surface area contributed by atoms with Crippen molar-refractivity contribution in [2.24, 2.45) is 0 Å². The fourth-order valence-electron chi connectivity index (χ4n) is 3.29. The molecule has 1 aromatic heterocycles. The smallest absolute Gasteiger partial charge is 0.224 e. The van der Waals surface area contributed by atoms with Crippen LogP contribution in [0, 0.1) is 0 Å². The molecule has 0 bridgehead atoms. The van der Waals surface area contributed by atoms with E-state index in [0.717, 1.165) is 16.5 Å². The number of hydrogen-bond donors (Lipinski definition) is 1. The molecule has 0 aliphatic carbocycles. The van der Waals surface area contributed by atoms with Crippen LogP contribution in [0.25, 0.3) is 10.8 Å². The Bertz CT molecular complexity index is 1030. The Kier molecular flexibility index (Phi) is 4.97. The van der Waals surface area contributed by atoms with Crippen LogP contribution >= 0.6 is 0 Å². The molecule has 134 valence electrons. The lowest BCUT2D eigenvalue weighted by Gasteiger charge is -2.19. The normalized spacial score (nSPS) is 12.0. The van der Waals surface area contributed by atoms with Gasteiger partial charge in [-0.2, -0.15) is 5.10 Å². The average molecular weight is 355 g/mol. The number of nitrogens with zero attached hydrogens (tertiary/aromatic N) is 2. The van der Waals surface area contributed by atoms with Crippen molar-refractivity contribution in [2.75, 3.05) is 0 Å². The van der Waals surface area contributed by atoms with Crippen LogP contribution < -0.4 is 5.32 Å². The van der Waals surface area contributed by atoms with E-state index in [-0.39, 0.29) is 11.9 Å². The van der Waals surface area contributed by atoms with E-state index < -0.39 is 0 Å². The Labute approximate surface area is 158 Å². The number of nitrogens with one attached hydrogen (secondary N) is 1. The van der Waals surface area contributed by atoms with Crippen LogP contribution in [0.3, 0.4) is 0 Å². The molecule has 1 N–H and O–H groups in total. The van der Waals surface area contributed by atoms with Crippen molar-refractivity contribution >= 4 is 16.7 Å². The molecule has 0 saturated heterocycles. The van der Waals surface area contributed by atoms with Gasteiger partial charge in [0, 0.05) is 12.4 Å². The second-order valence-electron chi connectivity index (χ2n) is 6.62. The molecule has 4 nitrogen and oxygen atoms in total. The summed E-state index contributed by atoms with van der Waals surface area (Å²) in [7, 11) is 0. The standard InChI is InChI=1S/C23H21N3O/c27-23(16-18-11-12-19-7-4-5-10-21(19)15-18)25-22(17-26-14-6-13-24-26)20-8-2-1-3-9-20/h1-15,22H,16-17H2,(H,25,27)/t22-/m0/s1. The molecule has 0 radical (unpaired) electrons. The van der Waals surface area contributed by atoms with Crippen LogP contribution in [0.5, 0.6) is 0 Å². The van der Waals surface area contributed by atoms with Crippen molar-refractivity contribution in [3.8, 4) is 0 Å². The van der Waals surface area contributed by atoms with Crippen molar-refractivity contribution in [1.82, 2.24) is 15.1 Å². The highest BCUT2D eigenvalue weighted by molar-refractivity contribution is 5.85. The number of rotatable bonds is 6. The summed E-state index contributed by atoms with van der Waals surface area (Å²) >= 11 is 0. The second-order valence-corrected chi connectivity index (χ2v) is 6.62. The van der Waals surface area contributed by atoms with Gasteiger partial charge in [-0.05, 0) is 28.0 Å². The van der Waals surface area contributed by atoms with Gasteiger partial charge in [-0.15, -0.1) is 0 Å². The highest BCUT2D eigenvalue weighted by atomic mass is 16.1. The molecule has 0 spiro atoms. The Morgan fingerprint density at radius 3 is 2.48 bits per heavy atom. The number of aromatic nitrogens is 2. The minimum Gasteiger partial charge on any atom is -0.347 e. The molecule has 0 aliphatic rings. The average Bonchev–Trinajstić information content (AvgIpc) is 3.21. The molecule has 1 amide bonds. The largest absolute Gasteiger partial charge is 0.347 e. The molecule has 3 aromatic carbocycles. The van der Waals surface area contributed by atoms with E-state index in [1.165, 1.54) is 5.39 Å². The summed E-state index contributed by atoms with van der Waals surface area (Å²) in [6, 6.07) is 26.1. The second kappa shape index (κ2) is 7.87. The molecule has 27 heavy (non-hydrogen) atoms. The van der Waals surface area contributed by atoms with Crippen molar-refractivity contribution in [3.05, 3.63) is 102 Å². The van der Waals surface area contributed by atoms with Crippen molar-refractivity contribution in [2.45, 2.75) is 19.0 Å². The van der Waals surface area contributed by atoms with E-state index >= 15 is 0 Å². The van der Waals surface area contributed by atoms with Gasteiger partial charge in [-0.1, -0.05) is 72.8 Å². The van der Waals surface area contributed by atoms with Gasteiger partial charge in [-0.3, -0.25) is 9.48 Å². The predicted octanol–water partition coefficient (Wildman–Crippen LogP) is 4.14.